The number of carboxylic acid groups (broad SMARTS) is 1. The number of halogens is 1. The van der Waals surface area contributed by atoms with E-state index < -0.39 is 11.4 Å². The highest BCUT2D eigenvalue weighted by atomic mass is 35.5. The SMILES string of the molecule is CCN(CC(=O)O)C(=O)C1(c2ccc(Cl)cc2)CCCC1. The van der Waals surface area contributed by atoms with E-state index in [1.807, 2.05) is 19.1 Å². The molecule has 1 fully saturated rings. The molecule has 0 aliphatic heterocycles. The summed E-state index contributed by atoms with van der Waals surface area (Å²) in [4.78, 5) is 25.3. The van der Waals surface area contributed by atoms with Gasteiger partial charge >= 0.3 is 5.97 Å². The van der Waals surface area contributed by atoms with Gasteiger partial charge in [-0.15, -0.1) is 0 Å². The van der Waals surface area contributed by atoms with Crippen LogP contribution in [0, 0.1) is 0 Å². The maximum absolute atomic E-state index is 12.9. The Morgan fingerprint density at radius 2 is 1.81 bits per heavy atom. The Kier molecular flexibility index (Phi) is 4.88. The number of carbonyl (C=O) groups excluding carboxylic acids is 1. The lowest BCUT2D eigenvalue weighted by molar-refractivity contribution is -0.147. The summed E-state index contributed by atoms with van der Waals surface area (Å²) in [7, 11) is 0. The predicted octanol–water partition coefficient (Wildman–Crippen LogP) is 3.08. The van der Waals surface area contributed by atoms with Crippen LogP contribution in [0.3, 0.4) is 0 Å². The largest absolute Gasteiger partial charge is 0.480 e. The molecule has 0 radical (unpaired) electrons. The molecule has 1 aliphatic rings. The average Bonchev–Trinajstić information content (AvgIpc) is 2.95. The maximum atomic E-state index is 12.9. The molecule has 0 heterocycles. The van der Waals surface area contributed by atoms with Crippen molar-refractivity contribution < 1.29 is 14.7 Å². The van der Waals surface area contributed by atoms with E-state index >= 15 is 0 Å². The minimum Gasteiger partial charge on any atom is -0.480 e. The van der Waals surface area contributed by atoms with Crippen LogP contribution in [0.4, 0.5) is 0 Å². The third-order valence-corrected chi connectivity index (χ3v) is 4.51. The summed E-state index contributed by atoms with van der Waals surface area (Å²) in [6, 6.07) is 7.36. The zero-order valence-electron chi connectivity index (χ0n) is 12.1. The van der Waals surface area contributed by atoms with Gasteiger partial charge < -0.3 is 10.0 Å². The van der Waals surface area contributed by atoms with Crippen molar-refractivity contribution in [3.05, 3.63) is 34.9 Å². The molecular weight excluding hydrogens is 290 g/mol. The first-order chi connectivity index (χ1) is 9.99. The number of hydrogen-bond acceptors (Lipinski definition) is 2. The fraction of sp³-hybridized carbons (Fsp3) is 0.500. The van der Waals surface area contributed by atoms with Crippen LogP contribution < -0.4 is 0 Å². The van der Waals surface area contributed by atoms with Gasteiger partial charge in [-0.3, -0.25) is 9.59 Å². The number of benzene rings is 1. The summed E-state index contributed by atoms with van der Waals surface area (Å²) >= 11 is 5.93. The van der Waals surface area contributed by atoms with E-state index in [9.17, 15) is 9.59 Å². The standard InChI is InChI=1S/C16H20ClNO3/c1-2-18(11-14(19)20)15(21)16(9-3-4-10-16)12-5-7-13(17)8-6-12/h5-8H,2-4,9-11H2,1H3,(H,19,20). The molecule has 1 saturated carbocycles. The summed E-state index contributed by atoms with van der Waals surface area (Å²) in [5, 5.41) is 9.62. The first-order valence-corrected chi connectivity index (χ1v) is 7.64. The lowest BCUT2D eigenvalue weighted by Gasteiger charge is -2.33. The van der Waals surface area contributed by atoms with E-state index in [2.05, 4.69) is 0 Å². The van der Waals surface area contributed by atoms with Crippen molar-refractivity contribution in [2.45, 2.75) is 38.0 Å². The Labute approximate surface area is 129 Å². The van der Waals surface area contributed by atoms with E-state index in [0.29, 0.717) is 11.6 Å². The van der Waals surface area contributed by atoms with Gasteiger partial charge in [-0.25, -0.2) is 0 Å². The minimum atomic E-state index is -0.977. The molecule has 0 aromatic heterocycles. The highest BCUT2D eigenvalue weighted by Gasteiger charge is 2.44. The number of aliphatic carboxylic acids is 1. The Morgan fingerprint density at radius 1 is 1.24 bits per heavy atom. The lowest BCUT2D eigenvalue weighted by atomic mass is 9.77. The van der Waals surface area contributed by atoms with Crippen LogP contribution in [-0.2, 0) is 15.0 Å². The van der Waals surface area contributed by atoms with E-state index in [1.165, 1.54) is 4.90 Å². The fourth-order valence-electron chi connectivity index (χ4n) is 3.17. The van der Waals surface area contributed by atoms with Crippen molar-refractivity contribution >= 4 is 23.5 Å². The van der Waals surface area contributed by atoms with Gasteiger partial charge in [-0.2, -0.15) is 0 Å². The minimum absolute atomic E-state index is 0.0766. The van der Waals surface area contributed by atoms with Crippen LogP contribution in [0.25, 0.3) is 0 Å². The molecule has 5 heteroatoms. The number of rotatable bonds is 5. The highest BCUT2D eigenvalue weighted by molar-refractivity contribution is 6.30. The first kappa shape index (κ1) is 15.8. The summed E-state index contributed by atoms with van der Waals surface area (Å²) in [5.74, 6) is -1.05. The normalized spacial score (nSPS) is 16.7. The lowest BCUT2D eigenvalue weighted by Crippen LogP contribution is -2.47. The Balaban J connectivity index is 2.35. The quantitative estimate of drug-likeness (QED) is 0.909. The van der Waals surface area contributed by atoms with Crippen LogP contribution in [0.2, 0.25) is 5.02 Å². The molecule has 0 saturated heterocycles. The number of carbonyl (C=O) groups is 2. The van der Waals surface area contributed by atoms with Crippen LogP contribution in [0.1, 0.15) is 38.2 Å². The monoisotopic (exact) mass is 309 g/mol. The number of nitrogens with zero attached hydrogens (tertiary/aromatic N) is 1. The second-order valence-corrected chi connectivity index (χ2v) is 5.95. The van der Waals surface area contributed by atoms with E-state index in [4.69, 9.17) is 16.7 Å². The van der Waals surface area contributed by atoms with Crippen molar-refractivity contribution in [2.24, 2.45) is 0 Å². The van der Waals surface area contributed by atoms with Gasteiger partial charge in [-0.05, 0) is 37.5 Å². The van der Waals surface area contributed by atoms with E-state index in [0.717, 1.165) is 31.2 Å². The molecule has 1 N–H and O–H groups in total. The molecule has 2 rings (SSSR count). The van der Waals surface area contributed by atoms with Gasteiger partial charge in [0, 0.05) is 11.6 Å². The Bertz CT molecular complexity index is 521. The summed E-state index contributed by atoms with van der Waals surface area (Å²) < 4.78 is 0. The second-order valence-electron chi connectivity index (χ2n) is 5.51. The number of hydrogen-bond donors (Lipinski definition) is 1. The number of amides is 1. The van der Waals surface area contributed by atoms with Gasteiger partial charge in [-0.1, -0.05) is 36.6 Å². The molecule has 0 spiro atoms. The van der Waals surface area contributed by atoms with Gasteiger partial charge in [0.15, 0.2) is 0 Å². The molecule has 1 aliphatic carbocycles. The first-order valence-electron chi connectivity index (χ1n) is 7.27. The number of carboxylic acids is 1. The van der Waals surface area contributed by atoms with E-state index in [-0.39, 0.29) is 12.5 Å². The van der Waals surface area contributed by atoms with Crippen LogP contribution in [0.15, 0.2) is 24.3 Å². The second kappa shape index (κ2) is 6.48. The molecule has 1 aromatic rings. The zero-order valence-corrected chi connectivity index (χ0v) is 12.9. The van der Waals surface area contributed by atoms with Crippen molar-refractivity contribution in [1.29, 1.82) is 0 Å². The summed E-state index contributed by atoms with van der Waals surface area (Å²) in [5.41, 5.74) is 0.356. The summed E-state index contributed by atoms with van der Waals surface area (Å²) in [6.07, 6.45) is 3.51. The topological polar surface area (TPSA) is 57.6 Å². The molecule has 0 atom stereocenters. The molecule has 21 heavy (non-hydrogen) atoms. The molecule has 114 valence electrons. The summed E-state index contributed by atoms with van der Waals surface area (Å²) in [6.45, 7) is 1.97. The molecular formula is C16H20ClNO3. The third kappa shape index (κ3) is 3.21. The third-order valence-electron chi connectivity index (χ3n) is 4.26. The highest BCUT2D eigenvalue weighted by Crippen LogP contribution is 2.42. The van der Waals surface area contributed by atoms with Gasteiger partial charge in [0.1, 0.15) is 6.54 Å². The fourth-order valence-corrected chi connectivity index (χ4v) is 3.29. The van der Waals surface area contributed by atoms with Crippen LogP contribution >= 0.6 is 11.6 Å². The van der Waals surface area contributed by atoms with Gasteiger partial charge in [0.05, 0.1) is 5.41 Å². The predicted molar refractivity (Wildman–Crippen MR) is 81.5 cm³/mol. The Hall–Kier alpha value is -1.55. The molecule has 1 amide bonds. The smallest absolute Gasteiger partial charge is 0.323 e. The van der Waals surface area contributed by atoms with E-state index in [1.54, 1.807) is 12.1 Å². The van der Waals surface area contributed by atoms with Crippen molar-refractivity contribution in [3.63, 3.8) is 0 Å². The average molecular weight is 310 g/mol. The van der Waals surface area contributed by atoms with Gasteiger partial charge in [0.25, 0.3) is 0 Å². The van der Waals surface area contributed by atoms with Crippen molar-refractivity contribution in [1.82, 2.24) is 4.90 Å². The molecule has 0 bridgehead atoms. The zero-order chi connectivity index (χ0) is 15.5. The molecule has 1 aromatic carbocycles. The maximum Gasteiger partial charge on any atom is 0.323 e. The Morgan fingerprint density at radius 3 is 2.29 bits per heavy atom. The molecule has 4 nitrogen and oxygen atoms in total. The van der Waals surface area contributed by atoms with Crippen molar-refractivity contribution in [3.8, 4) is 0 Å². The van der Waals surface area contributed by atoms with Crippen LogP contribution in [0.5, 0.6) is 0 Å². The van der Waals surface area contributed by atoms with Gasteiger partial charge in [0.2, 0.25) is 5.91 Å². The number of likely N-dealkylation sites (N-methyl/N-ethyl adjacent to an activating group) is 1. The molecule has 0 unspecified atom stereocenters. The van der Waals surface area contributed by atoms with Crippen molar-refractivity contribution in [2.75, 3.05) is 13.1 Å². The van der Waals surface area contributed by atoms with Crippen LogP contribution in [-0.4, -0.2) is 35.0 Å².